The Balaban J connectivity index is 2.38. The Morgan fingerprint density at radius 3 is 2.35 bits per heavy atom. The minimum Gasteiger partial charge on any atom is -0.279 e. The molecule has 0 unspecified atom stereocenters. The topological polar surface area (TPSA) is 46.2 Å². The van der Waals surface area contributed by atoms with E-state index >= 15 is 0 Å². The van der Waals surface area contributed by atoms with Gasteiger partial charge in [0.25, 0.3) is 10.0 Å². The van der Waals surface area contributed by atoms with Gasteiger partial charge in [0, 0.05) is 4.47 Å². The summed E-state index contributed by atoms with van der Waals surface area (Å²) in [5.41, 5.74) is 0.0610. The van der Waals surface area contributed by atoms with E-state index in [9.17, 15) is 12.8 Å². The molecule has 0 saturated carbocycles. The number of benzene rings is 2. The number of rotatable bonds is 3. The molecule has 0 spiro atoms. The number of anilines is 1. The largest absolute Gasteiger partial charge is 0.279 e. The van der Waals surface area contributed by atoms with Crippen LogP contribution in [0.15, 0.2) is 45.8 Å². The monoisotopic (exact) mass is 397 g/mol. The number of nitrogens with one attached hydrogen (secondary N) is 1. The standard InChI is InChI=1S/C12H7BrCl2FNO2S/c13-7-1-4-12(10(15)5-7)20(18,19)17-8-2-3-9(14)11(16)6-8/h1-6,17H. The van der Waals surface area contributed by atoms with E-state index in [1.165, 1.54) is 24.3 Å². The van der Waals surface area contributed by atoms with Gasteiger partial charge in [-0.1, -0.05) is 39.1 Å². The molecule has 0 aliphatic rings. The molecule has 0 radical (unpaired) electrons. The maximum Gasteiger partial charge on any atom is 0.263 e. The van der Waals surface area contributed by atoms with Crippen molar-refractivity contribution in [2.75, 3.05) is 4.72 Å². The number of halogens is 4. The van der Waals surface area contributed by atoms with Gasteiger partial charge in [-0.3, -0.25) is 4.72 Å². The van der Waals surface area contributed by atoms with Crippen LogP contribution in [0.25, 0.3) is 0 Å². The highest BCUT2D eigenvalue weighted by atomic mass is 79.9. The molecule has 0 saturated heterocycles. The van der Waals surface area contributed by atoms with E-state index in [4.69, 9.17) is 23.2 Å². The van der Waals surface area contributed by atoms with Gasteiger partial charge in [-0.05, 0) is 36.4 Å². The predicted molar refractivity (Wildman–Crippen MR) is 81.4 cm³/mol. The average molecular weight is 399 g/mol. The van der Waals surface area contributed by atoms with Gasteiger partial charge in [0.15, 0.2) is 0 Å². The smallest absolute Gasteiger partial charge is 0.263 e. The van der Waals surface area contributed by atoms with Crippen LogP contribution in [0.3, 0.4) is 0 Å². The lowest BCUT2D eigenvalue weighted by molar-refractivity contribution is 0.601. The molecule has 2 aromatic carbocycles. The summed E-state index contributed by atoms with van der Waals surface area (Å²) in [5.74, 6) is -0.714. The normalized spacial score (nSPS) is 11.4. The van der Waals surface area contributed by atoms with Crippen LogP contribution in [0, 0.1) is 5.82 Å². The van der Waals surface area contributed by atoms with Crippen molar-refractivity contribution in [3.8, 4) is 0 Å². The minimum absolute atomic E-state index is 0.0568. The maximum atomic E-state index is 13.3. The fourth-order valence-corrected chi connectivity index (χ4v) is 3.67. The first-order valence-electron chi connectivity index (χ1n) is 5.22. The molecule has 0 aromatic heterocycles. The zero-order chi connectivity index (χ0) is 14.9. The SMILES string of the molecule is O=S(=O)(Nc1ccc(Cl)c(F)c1)c1ccc(Br)cc1Cl. The lowest BCUT2D eigenvalue weighted by Gasteiger charge is -2.10. The summed E-state index contributed by atoms with van der Waals surface area (Å²) >= 11 is 14.6. The molecular weight excluding hydrogens is 392 g/mol. The Hall–Kier alpha value is -0.820. The Kier molecular flexibility index (Phi) is 4.59. The highest BCUT2D eigenvalue weighted by Crippen LogP contribution is 2.27. The van der Waals surface area contributed by atoms with Crippen molar-refractivity contribution in [3.63, 3.8) is 0 Å². The van der Waals surface area contributed by atoms with E-state index in [-0.39, 0.29) is 20.6 Å². The third-order valence-corrected chi connectivity index (χ3v) is 5.02. The van der Waals surface area contributed by atoms with E-state index in [1.54, 1.807) is 6.07 Å². The highest BCUT2D eigenvalue weighted by Gasteiger charge is 2.18. The summed E-state index contributed by atoms with van der Waals surface area (Å²) in [5, 5.41) is -0.0315. The van der Waals surface area contributed by atoms with Gasteiger partial charge in [0.2, 0.25) is 0 Å². The molecule has 0 heterocycles. The summed E-state index contributed by atoms with van der Waals surface area (Å²) < 4.78 is 40.5. The summed E-state index contributed by atoms with van der Waals surface area (Å²) in [6.07, 6.45) is 0. The molecule has 0 bridgehead atoms. The van der Waals surface area contributed by atoms with Crippen molar-refractivity contribution >= 4 is 54.8 Å². The van der Waals surface area contributed by atoms with Crippen LogP contribution in [0.4, 0.5) is 10.1 Å². The summed E-state index contributed by atoms with van der Waals surface area (Å²) in [6, 6.07) is 7.96. The Labute approximate surface area is 133 Å². The first-order valence-corrected chi connectivity index (χ1v) is 8.26. The summed E-state index contributed by atoms with van der Waals surface area (Å²) in [6.45, 7) is 0. The van der Waals surface area contributed by atoms with Crippen LogP contribution in [-0.2, 0) is 10.0 Å². The molecule has 1 N–H and O–H groups in total. The van der Waals surface area contributed by atoms with Crippen LogP contribution in [0.1, 0.15) is 0 Å². The Bertz CT molecular complexity index is 768. The second kappa shape index (κ2) is 5.89. The van der Waals surface area contributed by atoms with Crippen LogP contribution in [0.5, 0.6) is 0 Å². The van der Waals surface area contributed by atoms with Crippen molar-refractivity contribution in [1.29, 1.82) is 0 Å². The van der Waals surface area contributed by atoms with E-state index in [1.807, 2.05) is 0 Å². The molecule has 0 fully saturated rings. The van der Waals surface area contributed by atoms with Crippen molar-refractivity contribution in [3.05, 3.63) is 56.7 Å². The van der Waals surface area contributed by atoms with E-state index < -0.39 is 15.8 Å². The maximum absolute atomic E-state index is 13.3. The first kappa shape index (κ1) is 15.6. The van der Waals surface area contributed by atoms with Gasteiger partial charge < -0.3 is 0 Å². The predicted octanol–water partition coefficient (Wildman–Crippen LogP) is 4.70. The Morgan fingerprint density at radius 1 is 1.05 bits per heavy atom. The Morgan fingerprint density at radius 2 is 1.75 bits per heavy atom. The third kappa shape index (κ3) is 3.44. The lowest BCUT2D eigenvalue weighted by Crippen LogP contribution is -2.13. The van der Waals surface area contributed by atoms with E-state index in [0.717, 1.165) is 6.07 Å². The van der Waals surface area contributed by atoms with Gasteiger partial charge in [0.05, 0.1) is 15.7 Å². The fraction of sp³-hybridized carbons (Fsp3) is 0. The number of hydrogen-bond donors (Lipinski definition) is 1. The first-order chi connectivity index (χ1) is 9.29. The molecule has 0 atom stereocenters. The zero-order valence-electron chi connectivity index (χ0n) is 9.70. The highest BCUT2D eigenvalue weighted by molar-refractivity contribution is 9.10. The summed E-state index contributed by atoms with van der Waals surface area (Å²) in [4.78, 5) is -0.0993. The van der Waals surface area contributed by atoms with Crippen molar-refractivity contribution in [1.82, 2.24) is 0 Å². The van der Waals surface area contributed by atoms with E-state index in [2.05, 4.69) is 20.7 Å². The van der Waals surface area contributed by atoms with Crippen LogP contribution < -0.4 is 4.72 Å². The van der Waals surface area contributed by atoms with Crippen molar-refractivity contribution in [2.24, 2.45) is 0 Å². The molecule has 3 nitrogen and oxygen atoms in total. The quantitative estimate of drug-likeness (QED) is 0.814. The van der Waals surface area contributed by atoms with Gasteiger partial charge >= 0.3 is 0 Å². The average Bonchev–Trinajstić information content (AvgIpc) is 2.33. The van der Waals surface area contributed by atoms with Crippen molar-refractivity contribution < 1.29 is 12.8 Å². The van der Waals surface area contributed by atoms with Crippen LogP contribution in [0.2, 0.25) is 10.0 Å². The number of sulfonamides is 1. The molecule has 20 heavy (non-hydrogen) atoms. The van der Waals surface area contributed by atoms with E-state index in [0.29, 0.717) is 4.47 Å². The lowest BCUT2D eigenvalue weighted by atomic mass is 10.3. The van der Waals surface area contributed by atoms with Gasteiger partial charge in [-0.25, -0.2) is 12.8 Å². The number of hydrogen-bond acceptors (Lipinski definition) is 2. The molecule has 0 amide bonds. The van der Waals surface area contributed by atoms with Crippen LogP contribution >= 0.6 is 39.1 Å². The molecule has 2 rings (SSSR count). The molecule has 106 valence electrons. The molecule has 8 heteroatoms. The molecule has 2 aromatic rings. The molecule has 0 aliphatic heterocycles. The molecule has 0 aliphatic carbocycles. The zero-order valence-corrected chi connectivity index (χ0v) is 13.6. The minimum atomic E-state index is -3.90. The van der Waals surface area contributed by atoms with Gasteiger partial charge in [-0.2, -0.15) is 0 Å². The second-order valence-electron chi connectivity index (χ2n) is 3.81. The summed E-state index contributed by atoms with van der Waals surface area (Å²) in [7, 11) is -3.90. The van der Waals surface area contributed by atoms with Gasteiger partial charge in [0.1, 0.15) is 10.7 Å². The fourth-order valence-electron chi connectivity index (χ4n) is 1.46. The van der Waals surface area contributed by atoms with Crippen LogP contribution in [-0.4, -0.2) is 8.42 Å². The molecular formula is C12H7BrCl2FNO2S. The second-order valence-corrected chi connectivity index (χ2v) is 7.19. The van der Waals surface area contributed by atoms with Crippen molar-refractivity contribution in [2.45, 2.75) is 4.90 Å². The third-order valence-electron chi connectivity index (χ3n) is 2.36. The van der Waals surface area contributed by atoms with Gasteiger partial charge in [-0.15, -0.1) is 0 Å².